The Hall–Kier alpha value is -2.14. The minimum absolute atomic E-state index is 0.0172. The summed E-state index contributed by atoms with van der Waals surface area (Å²) in [6.07, 6.45) is 3.32. The van der Waals surface area contributed by atoms with Crippen molar-refractivity contribution in [3.8, 4) is 0 Å². The van der Waals surface area contributed by atoms with Gasteiger partial charge in [0.25, 0.3) is 0 Å². The molecule has 0 radical (unpaired) electrons. The third-order valence-corrected chi connectivity index (χ3v) is 5.02. The molecule has 4 atom stereocenters. The Kier molecular flexibility index (Phi) is 3.49. The monoisotopic (exact) mass is 327 g/mol. The standard InChI is InChI=1S/C19H21NO4/c1-12(2)23-18(22)15-14-8-9-19(24-14)11-20(17(21)16(15)19)10-13-6-4-3-5-7-13/h3-9,12,14-16H,10-11H2,1-2H3/t14-,15-,16-,19+/m0/s1. The smallest absolute Gasteiger partial charge is 0.313 e. The van der Waals surface area contributed by atoms with Crippen molar-refractivity contribution in [2.75, 3.05) is 6.54 Å². The molecular formula is C19H21NO4. The highest BCUT2D eigenvalue weighted by atomic mass is 16.6. The molecule has 5 nitrogen and oxygen atoms in total. The van der Waals surface area contributed by atoms with Crippen LogP contribution in [0.1, 0.15) is 19.4 Å². The fraction of sp³-hybridized carbons (Fsp3) is 0.474. The van der Waals surface area contributed by atoms with E-state index in [9.17, 15) is 9.59 Å². The summed E-state index contributed by atoms with van der Waals surface area (Å²) in [5.41, 5.74) is 0.402. The van der Waals surface area contributed by atoms with Gasteiger partial charge in [0, 0.05) is 6.54 Å². The summed E-state index contributed by atoms with van der Waals surface area (Å²) in [5, 5.41) is 0. The first-order valence-electron chi connectivity index (χ1n) is 8.40. The molecule has 3 aliphatic heterocycles. The fourth-order valence-corrected chi connectivity index (χ4v) is 4.10. The van der Waals surface area contributed by atoms with Crippen molar-refractivity contribution in [2.45, 2.75) is 38.2 Å². The van der Waals surface area contributed by atoms with E-state index < -0.39 is 17.4 Å². The summed E-state index contributed by atoms with van der Waals surface area (Å²) in [6, 6.07) is 9.86. The van der Waals surface area contributed by atoms with Crippen LogP contribution in [-0.4, -0.2) is 41.1 Å². The maximum atomic E-state index is 13.0. The summed E-state index contributed by atoms with van der Waals surface area (Å²) >= 11 is 0. The first-order chi connectivity index (χ1) is 11.5. The van der Waals surface area contributed by atoms with E-state index in [1.807, 2.05) is 56.3 Å². The van der Waals surface area contributed by atoms with E-state index in [0.717, 1.165) is 5.56 Å². The second kappa shape index (κ2) is 5.45. The number of ether oxygens (including phenoxy) is 2. The summed E-state index contributed by atoms with van der Waals surface area (Å²) in [4.78, 5) is 27.3. The normalized spacial score (nSPS) is 33.4. The van der Waals surface area contributed by atoms with Crippen LogP contribution >= 0.6 is 0 Å². The molecular weight excluding hydrogens is 306 g/mol. The molecule has 1 amide bonds. The van der Waals surface area contributed by atoms with E-state index >= 15 is 0 Å². The van der Waals surface area contributed by atoms with Crippen LogP contribution in [0.25, 0.3) is 0 Å². The molecule has 0 aliphatic carbocycles. The van der Waals surface area contributed by atoms with Crippen LogP contribution in [0.15, 0.2) is 42.5 Å². The zero-order chi connectivity index (χ0) is 16.9. The lowest BCUT2D eigenvalue weighted by molar-refractivity contribution is -0.157. The molecule has 126 valence electrons. The average Bonchev–Trinajstić information content (AvgIpc) is 3.16. The van der Waals surface area contributed by atoms with Gasteiger partial charge in [0.1, 0.15) is 11.5 Å². The van der Waals surface area contributed by atoms with E-state index in [2.05, 4.69) is 0 Å². The Morgan fingerprint density at radius 2 is 2.12 bits per heavy atom. The van der Waals surface area contributed by atoms with Crippen molar-refractivity contribution >= 4 is 11.9 Å². The summed E-state index contributed by atoms with van der Waals surface area (Å²) in [7, 11) is 0. The molecule has 3 aliphatic rings. The van der Waals surface area contributed by atoms with E-state index in [1.165, 1.54) is 0 Å². The topological polar surface area (TPSA) is 55.8 Å². The quantitative estimate of drug-likeness (QED) is 0.626. The molecule has 2 saturated heterocycles. The van der Waals surface area contributed by atoms with Gasteiger partial charge in [-0.2, -0.15) is 0 Å². The first kappa shape index (κ1) is 15.4. The predicted molar refractivity (Wildman–Crippen MR) is 86.8 cm³/mol. The zero-order valence-corrected chi connectivity index (χ0v) is 13.8. The molecule has 3 heterocycles. The van der Waals surface area contributed by atoms with Crippen LogP contribution in [0.3, 0.4) is 0 Å². The number of carbonyl (C=O) groups excluding carboxylic acids is 2. The minimum atomic E-state index is -0.669. The third kappa shape index (κ3) is 2.26. The van der Waals surface area contributed by atoms with Gasteiger partial charge in [0.05, 0.1) is 24.7 Å². The number of fused-ring (bicyclic) bond motifs is 1. The van der Waals surface area contributed by atoms with Gasteiger partial charge in [0.2, 0.25) is 5.91 Å². The lowest BCUT2D eigenvalue weighted by Crippen LogP contribution is -2.40. The van der Waals surface area contributed by atoms with E-state index in [1.54, 1.807) is 4.90 Å². The van der Waals surface area contributed by atoms with E-state index in [0.29, 0.717) is 13.1 Å². The number of hydrogen-bond acceptors (Lipinski definition) is 4. The number of nitrogens with zero attached hydrogens (tertiary/aromatic N) is 1. The van der Waals surface area contributed by atoms with Crippen LogP contribution in [0.2, 0.25) is 0 Å². The molecule has 1 spiro atoms. The molecule has 0 unspecified atom stereocenters. The van der Waals surface area contributed by atoms with Crippen molar-refractivity contribution in [1.82, 2.24) is 4.90 Å². The van der Waals surface area contributed by atoms with Crippen molar-refractivity contribution in [3.05, 3.63) is 48.0 Å². The van der Waals surface area contributed by atoms with Gasteiger partial charge in [-0.25, -0.2) is 0 Å². The summed E-state index contributed by atoms with van der Waals surface area (Å²) < 4.78 is 11.4. The molecule has 2 bridgehead atoms. The summed E-state index contributed by atoms with van der Waals surface area (Å²) in [5.74, 6) is -1.36. The zero-order valence-electron chi connectivity index (χ0n) is 13.8. The van der Waals surface area contributed by atoms with Gasteiger partial charge < -0.3 is 14.4 Å². The molecule has 24 heavy (non-hydrogen) atoms. The second-order valence-corrected chi connectivity index (χ2v) is 7.07. The Labute approximate surface area is 141 Å². The SMILES string of the molecule is CC(C)OC(=O)[C@H]1[C@@H]2C=C[C@]3(CN(Cc4ccccc4)C(=O)[C@H]13)O2. The van der Waals surface area contributed by atoms with Crippen molar-refractivity contribution in [1.29, 1.82) is 0 Å². The van der Waals surface area contributed by atoms with Crippen LogP contribution < -0.4 is 0 Å². The number of carbonyl (C=O) groups is 2. The molecule has 0 saturated carbocycles. The lowest BCUT2D eigenvalue weighted by atomic mass is 9.77. The maximum absolute atomic E-state index is 13.0. The second-order valence-electron chi connectivity index (χ2n) is 7.07. The van der Waals surface area contributed by atoms with Gasteiger partial charge in [-0.1, -0.05) is 42.5 Å². The van der Waals surface area contributed by atoms with Gasteiger partial charge in [-0.05, 0) is 19.4 Å². The Morgan fingerprint density at radius 1 is 1.38 bits per heavy atom. The highest BCUT2D eigenvalue weighted by Gasteiger charge is 2.67. The largest absolute Gasteiger partial charge is 0.463 e. The maximum Gasteiger partial charge on any atom is 0.313 e. The lowest BCUT2D eigenvalue weighted by Gasteiger charge is -2.23. The Balaban J connectivity index is 1.58. The Morgan fingerprint density at radius 3 is 2.83 bits per heavy atom. The van der Waals surface area contributed by atoms with Crippen molar-refractivity contribution < 1.29 is 19.1 Å². The number of likely N-dealkylation sites (tertiary alicyclic amines) is 1. The molecule has 0 aromatic heterocycles. The minimum Gasteiger partial charge on any atom is -0.463 e. The number of esters is 1. The van der Waals surface area contributed by atoms with E-state index in [-0.39, 0.29) is 24.1 Å². The Bertz CT molecular complexity index is 699. The molecule has 1 aromatic rings. The van der Waals surface area contributed by atoms with Crippen molar-refractivity contribution in [2.24, 2.45) is 11.8 Å². The molecule has 0 N–H and O–H groups in total. The van der Waals surface area contributed by atoms with Gasteiger partial charge in [-0.15, -0.1) is 0 Å². The number of benzene rings is 1. The van der Waals surface area contributed by atoms with Gasteiger partial charge in [0.15, 0.2) is 0 Å². The number of hydrogen-bond donors (Lipinski definition) is 0. The molecule has 4 rings (SSSR count). The fourth-order valence-electron chi connectivity index (χ4n) is 4.10. The molecule has 5 heteroatoms. The predicted octanol–water partition coefficient (Wildman–Crippen LogP) is 1.92. The average molecular weight is 327 g/mol. The van der Waals surface area contributed by atoms with E-state index in [4.69, 9.17) is 9.47 Å². The van der Waals surface area contributed by atoms with Crippen LogP contribution in [0.5, 0.6) is 0 Å². The summed E-state index contributed by atoms with van der Waals surface area (Å²) in [6.45, 7) is 4.65. The van der Waals surface area contributed by atoms with Gasteiger partial charge >= 0.3 is 5.97 Å². The van der Waals surface area contributed by atoms with Gasteiger partial charge in [-0.3, -0.25) is 9.59 Å². The molecule has 2 fully saturated rings. The van der Waals surface area contributed by atoms with Crippen LogP contribution in [0, 0.1) is 11.8 Å². The highest BCUT2D eigenvalue weighted by molar-refractivity contribution is 5.91. The van der Waals surface area contributed by atoms with Crippen LogP contribution in [-0.2, 0) is 25.6 Å². The highest BCUT2D eigenvalue weighted by Crippen LogP contribution is 2.52. The number of rotatable bonds is 4. The van der Waals surface area contributed by atoms with Crippen molar-refractivity contribution in [3.63, 3.8) is 0 Å². The first-order valence-corrected chi connectivity index (χ1v) is 8.40. The number of amides is 1. The molecule has 1 aromatic carbocycles. The third-order valence-electron chi connectivity index (χ3n) is 5.02. The van der Waals surface area contributed by atoms with Crippen LogP contribution in [0.4, 0.5) is 0 Å².